The number of carbonyl (C=O) groups excluding carboxylic acids is 1. The molecule has 0 unspecified atom stereocenters. The van der Waals surface area contributed by atoms with Gasteiger partial charge in [0, 0.05) is 33.9 Å². The van der Waals surface area contributed by atoms with Crippen LogP contribution in [0.2, 0.25) is 0 Å². The summed E-state index contributed by atoms with van der Waals surface area (Å²) in [5, 5.41) is 5.36. The first kappa shape index (κ1) is 45.1. The molecule has 2 fully saturated rings. The number of hydrogen-bond acceptors (Lipinski definition) is 11. The van der Waals surface area contributed by atoms with Gasteiger partial charge in [-0.25, -0.2) is 0 Å². The maximum atomic E-state index is 13.5. The molecule has 0 amide bonds. The van der Waals surface area contributed by atoms with Crippen molar-refractivity contribution in [2.24, 2.45) is 5.11 Å². The largest absolute Gasteiger partial charge is 0.496 e. The van der Waals surface area contributed by atoms with Crippen molar-refractivity contribution in [1.29, 1.82) is 0 Å². The predicted octanol–water partition coefficient (Wildman–Crippen LogP) is 11.1. The summed E-state index contributed by atoms with van der Waals surface area (Å²) >= 11 is 0. The maximum Gasteiger partial charge on any atom is 0.308 e. The van der Waals surface area contributed by atoms with Crippen molar-refractivity contribution in [2.45, 2.75) is 83.8 Å². The van der Waals surface area contributed by atoms with Gasteiger partial charge in [-0.05, 0) is 71.8 Å². The summed E-state index contributed by atoms with van der Waals surface area (Å²) in [4.78, 5) is 16.9. The normalized spacial score (nSPS) is 19.9. The van der Waals surface area contributed by atoms with Crippen LogP contribution in [-0.4, -0.2) is 57.8 Å². The van der Waals surface area contributed by atoms with Crippen molar-refractivity contribution < 1.29 is 47.4 Å². The van der Waals surface area contributed by atoms with E-state index in [4.69, 9.17) is 42.6 Å². The SMILES string of the molecule is COc1cc(C)cc(C2OCCCO2)c1-c1cc(OC)c2c(OCc3ccccc3)ccc([C@H]3O[C@@H](C)[C@@H](OCc4ccccc4)[C@@H](N=[N+]=[N-])[C@@H]3OCc3ccccc3)c2c1OC(C)=O. The topological polar surface area (TPSA) is 149 Å². The fraction of sp³-hybridized carbons (Fsp3) is 0.327. The van der Waals surface area contributed by atoms with E-state index in [1.54, 1.807) is 14.2 Å². The minimum atomic E-state index is -0.926. The third-order valence-corrected chi connectivity index (χ3v) is 11.6. The Morgan fingerprint density at radius 3 is 1.91 bits per heavy atom. The number of carbonyl (C=O) groups is 1. The van der Waals surface area contributed by atoms with Gasteiger partial charge in [-0.1, -0.05) is 108 Å². The van der Waals surface area contributed by atoms with Crippen LogP contribution in [-0.2, 0) is 48.3 Å². The van der Waals surface area contributed by atoms with Gasteiger partial charge in [-0.2, -0.15) is 0 Å². The number of aryl methyl sites for hydroxylation is 1. The number of nitrogens with zero attached hydrogens (tertiary/aromatic N) is 3. The molecule has 2 saturated heterocycles. The maximum absolute atomic E-state index is 13.5. The highest BCUT2D eigenvalue weighted by Crippen LogP contribution is 2.54. The van der Waals surface area contributed by atoms with E-state index in [0.29, 0.717) is 63.5 Å². The zero-order valence-electron chi connectivity index (χ0n) is 37.2. The van der Waals surface area contributed by atoms with E-state index in [1.807, 2.05) is 135 Å². The third-order valence-electron chi connectivity index (χ3n) is 11.6. The number of methoxy groups -OCH3 is 2. The number of benzene rings is 6. The third kappa shape index (κ3) is 10.1. The van der Waals surface area contributed by atoms with Gasteiger partial charge in [0.25, 0.3) is 0 Å². The van der Waals surface area contributed by atoms with Crippen molar-refractivity contribution in [3.05, 3.63) is 165 Å². The molecule has 0 spiro atoms. The number of azide groups is 1. The molecular formula is C52H53N3O10. The van der Waals surface area contributed by atoms with Crippen molar-refractivity contribution in [2.75, 3.05) is 27.4 Å². The number of esters is 1. The molecule has 5 atom stereocenters. The van der Waals surface area contributed by atoms with Gasteiger partial charge >= 0.3 is 5.97 Å². The van der Waals surface area contributed by atoms with Gasteiger partial charge in [0.05, 0.1) is 70.4 Å². The molecule has 13 heteroatoms. The van der Waals surface area contributed by atoms with Crippen LogP contribution in [0.25, 0.3) is 32.3 Å². The van der Waals surface area contributed by atoms with Crippen LogP contribution in [0.15, 0.2) is 126 Å². The van der Waals surface area contributed by atoms with Crippen molar-refractivity contribution in [3.63, 3.8) is 0 Å². The van der Waals surface area contributed by atoms with Crippen molar-refractivity contribution in [1.82, 2.24) is 0 Å². The molecule has 65 heavy (non-hydrogen) atoms. The molecular weight excluding hydrogens is 827 g/mol. The molecule has 6 aromatic rings. The average molecular weight is 880 g/mol. The minimum Gasteiger partial charge on any atom is -0.496 e. The second-order valence-electron chi connectivity index (χ2n) is 16.1. The van der Waals surface area contributed by atoms with Crippen LogP contribution in [0.1, 0.15) is 66.0 Å². The van der Waals surface area contributed by atoms with E-state index >= 15 is 0 Å². The summed E-state index contributed by atoms with van der Waals surface area (Å²) in [7, 11) is 3.17. The summed E-state index contributed by atoms with van der Waals surface area (Å²) in [6.07, 6.45) is -3.17. The lowest BCUT2D eigenvalue weighted by Crippen LogP contribution is -2.54. The number of fused-ring (bicyclic) bond motifs is 1. The number of ether oxygens (including phenoxy) is 9. The molecule has 2 aliphatic rings. The zero-order valence-corrected chi connectivity index (χ0v) is 37.2. The monoisotopic (exact) mass is 879 g/mol. The fourth-order valence-corrected chi connectivity index (χ4v) is 8.69. The Morgan fingerprint density at radius 1 is 0.723 bits per heavy atom. The van der Waals surface area contributed by atoms with Crippen LogP contribution < -0.4 is 18.9 Å². The Morgan fingerprint density at radius 2 is 1.32 bits per heavy atom. The molecule has 2 heterocycles. The second-order valence-corrected chi connectivity index (χ2v) is 16.1. The fourth-order valence-electron chi connectivity index (χ4n) is 8.69. The molecule has 2 aliphatic heterocycles. The van der Waals surface area contributed by atoms with E-state index in [1.165, 1.54) is 6.92 Å². The molecule has 8 rings (SSSR count). The standard InChI is InChI=1S/C52H53N3O10/c1-32-26-40(52-59-24-15-25-60-52)44(42(27-32)57-4)39-28-43(58-5)46-41(61-29-35-16-9-6-10-17-35)23-22-38(45(46)49(39)65-34(3)56)50-51(63-31-37-20-13-8-14-21-37)47(54-55-53)48(33(2)64-50)62-30-36-18-11-7-12-19-36/h6-14,16-23,26-28,33,47-48,50-52H,15,24-25,29-31H2,1-5H3/t33-,47+,48+,50+,51-/m0/s1. The van der Waals surface area contributed by atoms with Gasteiger partial charge in [0.1, 0.15) is 35.7 Å². The summed E-state index contributed by atoms with van der Waals surface area (Å²) in [5.41, 5.74) is 16.2. The van der Waals surface area contributed by atoms with Gasteiger partial charge < -0.3 is 42.6 Å². The molecule has 6 aromatic carbocycles. The van der Waals surface area contributed by atoms with Crippen LogP contribution >= 0.6 is 0 Å². The van der Waals surface area contributed by atoms with Gasteiger partial charge in [0.15, 0.2) is 6.29 Å². The summed E-state index contributed by atoms with van der Waals surface area (Å²) in [5.74, 6) is 0.984. The Balaban J connectivity index is 1.38. The van der Waals surface area contributed by atoms with E-state index in [-0.39, 0.29) is 25.6 Å². The van der Waals surface area contributed by atoms with Gasteiger partial charge in [-0.15, -0.1) is 0 Å². The number of hydrogen-bond donors (Lipinski definition) is 0. The molecule has 336 valence electrons. The molecule has 0 radical (unpaired) electrons. The molecule has 0 saturated carbocycles. The lowest BCUT2D eigenvalue weighted by atomic mass is 9.85. The Labute approximate surface area is 378 Å². The minimum absolute atomic E-state index is 0.162. The van der Waals surface area contributed by atoms with Gasteiger partial charge in [0.2, 0.25) is 0 Å². The summed E-state index contributed by atoms with van der Waals surface area (Å²) in [6, 6.07) is 37.9. The van der Waals surface area contributed by atoms with E-state index in [9.17, 15) is 10.3 Å². The van der Waals surface area contributed by atoms with Crippen LogP contribution in [0.4, 0.5) is 0 Å². The lowest BCUT2D eigenvalue weighted by molar-refractivity contribution is -0.208. The average Bonchev–Trinajstić information content (AvgIpc) is 3.33. The van der Waals surface area contributed by atoms with E-state index in [0.717, 1.165) is 28.7 Å². The number of rotatable bonds is 16. The quantitative estimate of drug-likeness (QED) is 0.0302. The predicted molar refractivity (Wildman–Crippen MR) is 245 cm³/mol. The van der Waals surface area contributed by atoms with E-state index in [2.05, 4.69) is 10.0 Å². The van der Waals surface area contributed by atoms with Gasteiger partial charge in [-0.3, -0.25) is 4.79 Å². The van der Waals surface area contributed by atoms with Crippen LogP contribution in [0, 0.1) is 6.92 Å². The zero-order chi connectivity index (χ0) is 45.3. The smallest absolute Gasteiger partial charge is 0.308 e. The second kappa shape index (κ2) is 21.0. The first-order chi connectivity index (χ1) is 31.8. The van der Waals surface area contributed by atoms with Crippen molar-refractivity contribution >= 4 is 16.7 Å². The Bertz CT molecular complexity index is 2620. The summed E-state index contributed by atoms with van der Waals surface area (Å²) in [6.45, 7) is 6.84. The highest BCUT2D eigenvalue weighted by Gasteiger charge is 2.47. The first-order valence-electron chi connectivity index (χ1n) is 21.7. The molecule has 0 bridgehead atoms. The lowest BCUT2D eigenvalue weighted by Gasteiger charge is -2.44. The first-order valence-corrected chi connectivity index (χ1v) is 21.7. The van der Waals surface area contributed by atoms with Crippen LogP contribution in [0.5, 0.6) is 23.0 Å². The van der Waals surface area contributed by atoms with E-state index < -0.39 is 42.7 Å². The highest BCUT2D eigenvalue weighted by molar-refractivity contribution is 6.06. The Kier molecular flexibility index (Phi) is 14.6. The molecule has 0 aliphatic carbocycles. The summed E-state index contributed by atoms with van der Waals surface area (Å²) < 4.78 is 58.4. The molecule has 0 aromatic heterocycles. The van der Waals surface area contributed by atoms with Crippen molar-refractivity contribution in [3.8, 4) is 34.1 Å². The highest BCUT2D eigenvalue weighted by atomic mass is 16.7. The Hall–Kier alpha value is -6.44. The van der Waals surface area contributed by atoms with Crippen LogP contribution in [0.3, 0.4) is 0 Å². The molecule has 0 N–H and O–H groups in total. The molecule has 13 nitrogen and oxygen atoms in total.